The van der Waals surface area contributed by atoms with Crippen LogP contribution in [0.15, 0.2) is 77.7 Å². The molecule has 0 spiro atoms. The summed E-state index contributed by atoms with van der Waals surface area (Å²) in [6.45, 7) is 0.206. The predicted octanol–water partition coefficient (Wildman–Crippen LogP) is 3.63. The summed E-state index contributed by atoms with van der Waals surface area (Å²) in [6.07, 6.45) is 0. The Morgan fingerprint density at radius 2 is 1.71 bits per heavy atom. The summed E-state index contributed by atoms with van der Waals surface area (Å²) in [5.74, 6) is -1.11. The second-order valence-electron chi connectivity index (χ2n) is 7.44. The first-order valence-electron chi connectivity index (χ1n) is 10.3. The van der Waals surface area contributed by atoms with Crippen LogP contribution in [-0.2, 0) is 26.2 Å². The van der Waals surface area contributed by atoms with Gasteiger partial charge >= 0.3 is 0 Å². The number of primary sulfonamides is 1. The number of amides is 2. The van der Waals surface area contributed by atoms with Crippen LogP contribution in [0, 0.1) is 0 Å². The van der Waals surface area contributed by atoms with Crippen LogP contribution in [0.2, 0.25) is 5.02 Å². The number of halogens is 2. The van der Waals surface area contributed by atoms with E-state index in [-0.39, 0.29) is 16.5 Å². The molecule has 1 atom stereocenters. The first-order valence-corrected chi connectivity index (χ1v) is 12.8. The normalized spacial score (nSPS) is 12.0. The molecule has 0 fully saturated rings. The summed E-state index contributed by atoms with van der Waals surface area (Å²) in [5.41, 5.74) is 1.50. The Bertz CT molecular complexity index is 1300. The number of hydrogen-bond acceptors (Lipinski definition) is 5. The van der Waals surface area contributed by atoms with Crippen LogP contribution in [-0.4, -0.2) is 33.2 Å². The number of nitrogens with zero attached hydrogens (tertiary/aromatic N) is 1. The molecule has 0 heterocycles. The summed E-state index contributed by atoms with van der Waals surface area (Å²) >= 11 is 12.2. The minimum Gasteiger partial charge on any atom is -0.495 e. The average Bonchev–Trinajstić information content (AvgIpc) is 2.85. The van der Waals surface area contributed by atoms with Crippen LogP contribution in [0.4, 0.5) is 5.69 Å². The Morgan fingerprint density at radius 3 is 2.26 bits per heavy atom. The maximum atomic E-state index is 13.5. The highest BCUT2D eigenvalue weighted by Crippen LogP contribution is 2.34. The molecule has 0 aromatic heterocycles. The van der Waals surface area contributed by atoms with Crippen LogP contribution in [0.1, 0.15) is 17.2 Å². The Morgan fingerprint density at radius 1 is 1.06 bits per heavy atom. The lowest BCUT2D eigenvalue weighted by Crippen LogP contribution is -2.44. The van der Waals surface area contributed by atoms with Gasteiger partial charge in [-0.15, -0.1) is 11.6 Å². The van der Waals surface area contributed by atoms with Gasteiger partial charge in [0, 0.05) is 12.2 Å². The topological polar surface area (TPSA) is 119 Å². The van der Waals surface area contributed by atoms with Gasteiger partial charge in [0.05, 0.1) is 17.0 Å². The minimum absolute atomic E-state index is 0.132. The van der Waals surface area contributed by atoms with Crippen molar-refractivity contribution in [1.82, 2.24) is 5.32 Å². The highest BCUT2D eigenvalue weighted by atomic mass is 35.5. The number of nitrogens with two attached hydrogens (primary N) is 1. The number of rotatable bonds is 9. The predicted molar refractivity (Wildman–Crippen MR) is 135 cm³/mol. The lowest BCUT2D eigenvalue weighted by atomic mass is 10.0. The van der Waals surface area contributed by atoms with Gasteiger partial charge in [-0.2, -0.15) is 0 Å². The number of sulfonamides is 1. The van der Waals surface area contributed by atoms with Crippen molar-refractivity contribution in [3.05, 3.63) is 88.9 Å². The fraction of sp³-hybridized carbons (Fsp3) is 0.167. The molecule has 184 valence electrons. The van der Waals surface area contributed by atoms with Crippen LogP contribution in [0.25, 0.3) is 0 Å². The van der Waals surface area contributed by atoms with Gasteiger partial charge in [-0.05, 0) is 41.5 Å². The van der Waals surface area contributed by atoms with E-state index in [1.165, 1.54) is 42.3 Å². The summed E-state index contributed by atoms with van der Waals surface area (Å²) in [5, 5.41) is 8.26. The van der Waals surface area contributed by atoms with E-state index >= 15 is 0 Å². The Kier molecular flexibility index (Phi) is 8.74. The maximum absolute atomic E-state index is 13.5. The zero-order valence-electron chi connectivity index (χ0n) is 18.6. The highest BCUT2D eigenvalue weighted by molar-refractivity contribution is 7.89. The number of carbonyl (C=O) groups excluding carboxylic acids is 2. The molecule has 0 unspecified atom stereocenters. The molecule has 35 heavy (non-hydrogen) atoms. The molecule has 0 aliphatic rings. The van der Waals surface area contributed by atoms with Crippen molar-refractivity contribution in [2.24, 2.45) is 5.14 Å². The van der Waals surface area contributed by atoms with E-state index < -0.39 is 33.8 Å². The number of hydrogen-bond donors (Lipinski definition) is 2. The van der Waals surface area contributed by atoms with Crippen LogP contribution >= 0.6 is 23.2 Å². The third kappa shape index (κ3) is 6.52. The largest absolute Gasteiger partial charge is 0.495 e. The van der Waals surface area contributed by atoms with Crippen molar-refractivity contribution >= 4 is 50.7 Å². The third-order valence-electron chi connectivity index (χ3n) is 5.14. The van der Waals surface area contributed by atoms with Crippen LogP contribution in [0.3, 0.4) is 0 Å². The lowest BCUT2D eigenvalue weighted by Gasteiger charge is -2.31. The zero-order chi connectivity index (χ0) is 25.6. The second-order valence-corrected chi connectivity index (χ2v) is 9.67. The first-order chi connectivity index (χ1) is 16.7. The molecule has 0 radical (unpaired) electrons. The molecule has 0 saturated carbocycles. The molecular weight excluding hydrogens is 513 g/mol. The minimum atomic E-state index is -3.95. The molecule has 0 aliphatic heterocycles. The summed E-state index contributed by atoms with van der Waals surface area (Å²) in [7, 11) is -2.50. The van der Waals surface area contributed by atoms with Gasteiger partial charge in [0.1, 0.15) is 17.7 Å². The number of anilines is 1. The van der Waals surface area contributed by atoms with E-state index in [1.54, 1.807) is 12.1 Å². The Balaban J connectivity index is 2.08. The smallest absolute Gasteiger partial charge is 0.248 e. The van der Waals surface area contributed by atoms with Gasteiger partial charge in [0.25, 0.3) is 0 Å². The van der Waals surface area contributed by atoms with Crippen LogP contribution in [0.5, 0.6) is 5.75 Å². The number of carbonyl (C=O) groups is 2. The average molecular weight is 536 g/mol. The van der Waals surface area contributed by atoms with Crippen LogP contribution < -0.4 is 20.1 Å². The lowest BCUT2D eigenvalue weighted by molar-refractivity contribution is -0.126. The van der Waals surface area contributed by atoms with E-state index in [9.17, 15) is 18.0 Å². The molecule has 11 heteroatoms. The van der Waals surface area contributed by atoms with Gasteiger partial charge in [0.2, 0.25) is 21.8 Å². The Labute approximate surface area is 213 Å². The van der Waals surface area contributed by atoms with E-state index in [1.807, 2.05) is 30.3 Å². The summed E-state index contributed by atoms with van der Waals surface area (Å²) in [6, 6.07) is 18.1. The molecule has 3 aromatic rings. The van der Waals surface area contributed by atoms with Crippen molar-refractivity contribution < 1.29 is 22.7 Å². The molecule has 3 rings (SSSR count). The van der Waals surface area contributed by atoms with Crippen molar-refractivity contribution in [2.45, 2.75) is 17.5 Å². The van der Waals surface area contributed by atoms with E-state index in [4.69, 9.17) is 33.1 Å². The van der Waals surface area contributed by atoms with Crippen molar-refractivity contribution in [1.29, 1.82) is 0 Å². The second kappa shape index (κ2) is 11.5. The molecule has 2 amide bonds. The number of alkyl halides is 1. The van der Waals surface area contributed by atoms with E-state index in [0.29, 0.717) is 17.0 Å². The number of nitrogens with one attached hydrogen (secondary N) is 1. The number of ether oxygens (including phenoxy) is 1. The van der Waals surface area contributed by atoms with Gasteiger partial charge < -0.3 is 10.1 Å². The highest BCUT2D eigenvalue weighted by Gasteiger charge is 2.33. The molecule has 0 saturated heterocycles. The summed E-state index contributed by atoms with van der Waals surface area (Å²) < 4.78 is 28.6. The number of methoxy groups -OCH3 is 1. The van der Waals surface area contributed by atoms with Crippen molar-refractivity contribution in [2.75, 3.05) is 17.9 Å². The standard InChI is InChI=1S/C24H23Cl2N3O5S/c1-34-21-12-9-18(13-20(21)26)29(22(30)14-25)23(17-7-10-19(11-8-17)35(27,32)33)24(31)28-15-16-5-3-2-4-6-16/h2-13,23H,14-15H2,1H3,(H,28,31)(H2,27,32,33)/t23-/m0/s1. The molecule has 3 aromatic carbocycles. The SMILES string of the molecule is COc1ccc(N(C(=O)CCl)[C@H](C(=O)NCc2ccccc2)c2ccc(S(N)(=O)=O)cc2)cc1Cl. The maximum Gasteiger partial charge on any atom is 0.248 e. The molecule has 0 aliphatic carbocycles. The molecule has 8 nitrogen and oxygen atoms in total. The fourth-order valence-corrected chi connectivity index (χ4v) is 4.34. The monoisotopic (exact) mass is 535 g/mol. The van der Waals surface area contributed by atoms with Gasteiger partial charge in [-0.25, -0.2) is 13.6 Å². The van der Waals surface area contributed by atoms with E-state index in [2.05, 4.69) is 5.32 Å². The third-order valence-corrected chi connectivity index (χ3v) is 6.59. The zero-order valence-corrected chi connectivity index (χ0v) is 21.0. The van der Waals surface area contributed by atoms with Crippen molar-refractivity contribution in [3.8, 4) is 5.75 Å². The number of benzene rings is 3. The van der Waals surface area contributed by atoms with Gasteiger partial charge in [0.15, 0.2) is 0 Å². The first kappa shape index (κ1) is 26.5. The van der Waals surface area contributed by atoms with Crippen molar-refractivity contribution in [3.63, 3.8) is 0 Å². The Hall–Kier alpha value is -3.11. The fourth-order valence-electron chi connectivity index (χ4n) is 3.45. The molecule has 0 bridgehead atoms. The quantitative estimate of drug-likeness (QED) is 0.405. The van der Waals surface area contributed by atoms with Gasteiger partial charge in [-0.3, -0.25) is 14.5 Å². The molecule has 3 N–H and O–H groups in total. The summed E-state index contributed by atoms with van der Waals surface area (Å²) in [4.78, 5) is 27.6. The van der Waals surface area contributed by atoms with Gasteiger partial charge in [-0.1, -0.05) is 54.1 Å². The molecular formula is C24H23Cl2N3O5S. The van der Waals surface area contributed by atoms with E-state index in [0.717, 1.165) is 5.56 Å².